The number of aromatic nitrogens is 1. The maximum atomic E-state index is 13.2. The Balaban J connectivity index is 1.97. The van der Waals surface area contributed by atoms with Crippen LogP contribution in [0.2, 0.25) is 0 Å². The zero-order chi connectivity index (χ0) is 15.2. The number of hydrogen-bond acceptors (Lipinski definition) is 4. The molecule has 112 valence electrons. The molecule has 0 saturated heterocycles. The van der Waals surface area contributed by atoms with Gasteiger partial charge < -0.3 is 15.2 Å². The molecule has 0 bridgehead atoms. The van der Waals surface area contributed by atoms with Gasteiger partial charge in [0, 0.05) is 30.9 Å². The van der Waals surface area contributed by atoms with Gasteiger partial charge in [-0.25, -0.2) is 9.37 Å². The summed E-state index contributed by atoms with van der Waals surface area (Å²) >= 11 is 0. The quantitative estimate of drug-likeness (QED) is 0.858. The van der Waals surface area contributed by atoms with Crippen molar-refractivity contribution in [1.29, 1.82) is 0 Å². The van der Waals surface area contributed by atoms with Crippen molar-refractivity contribution in [1.82, 2.24) is 10.3 Å². The van der Waals surface area contributed by atoms with Crippen molar-refractivity contribution in [2.75, 3.05) is 0 Å². The van der Waals surface area contributed by atoms with Crippen LogP contribution in [0.3, 0.4) is 0 Å². The lowest BCUT2D eigenvalue weighted by Crippen LogP contribution is -2.15. The van der Waals surface area contributed by atoms with E-state index in [9.17, 15) is 9.50 Å². The van der Waals surface area contributed by atoms with E-state index in [-0.39, 0.29) is 11.9 Å². The van der Waals surface area contributed by atoms with Gasteiger partial charge in [-0.15, -0.1) is 0 Å². The van der Waals surface area contributed by atoms with Crippen molar-refractivity contribution in [3.63, 3.8) is 0 Å². The number of halogens is 1. The zero-order valence-electron chi connectivity index (χ0n) is 12.1. The monoisotopic (exact) mass is 290 g/mol. The van der Waals surface area contributed by atoms with Crippen molar-refractivity contribution in [3.8, 4) is 11.6 Å². The van der Waals surface area contributed by atoms with Crippen LogP contribution in [0, 0.1) is 5.82 Å². The van der Waals surface area contributed by atoms with Gasteiger partial charge in [0.2, 0.25) is 5.88 Å². The highest BCUT2D eigenvalue weighted by Crippen LogP contribution is 2.17. The second-order valence-corrected chi connectivity index (χ2v) is 5.06. The Morgan fingerprint density at radius 3 is 2.81 bits per heavy atom. The molecular weight excluding hydrogens is 271 g/mol. The van der Waals surface area contributed by atoms with Crippen molar-refractivity contribution in [2.24, 2.45) is 0 Å². The number of phenols is 1. The van der Waals surface area contributed by atoms with Crippen molar-refractivity contribution in [2.45, 2.75) is 33.0 Å². The molecular formula is C16H19FN2O2. The Kier molecular flexibility index (Phi) is 5.11. The number of nitrogens with zero attached hydrogens (tertiary/aromatic N) is 1. The number of ether oxygens (including phenoxy) is 1. The zero-order valence-corrected chi connectivity index (χ0v) is 12.1. The molecule has 4 nitrogen and oxygen atoms in total. The van der Waals surface area contributed by atoms with Gasteiger partial charge in [-0.3, -0.25) is 0 Å². The number of nitrogens with one attached hydrogen (secondary N) is 1. The molecule has 0 radical (unpaired) electrons. The third kappa shape index (κ3) is 4.72. The van der Waals surface area contributed by atoms with Gasteiger partial charge in [-0.1, -0.05) is 6.07 Å². The molecule has 0 aliphatic heterocycles. The lowest BCUT2D eigenvalue weighted by molar-refractivity contribution is 0.229. The van der Waals surface area contributed by atoms with Crippen LogP contribution in [-0.2, 0) is 13.1 Å². The van der Waals surface area contributed by atoms with Gasteiger partial charge in [0.25, 0.3) is 0 Å². The van der Waals surface area contributed by atoms with Crippen LogP contribution in [0.5, 0.6) is 11.6 Å². The third-order valence-corrected chi connectivity index (χ3v) is 2.78. The van der Waals surface area contributed by atoms with Crippen molar-refractivity contribution in [3.05, 3.63) is 53.5 Å². The number of pyridine rings is 1. The van der Waals surface area contributed by atoms with Crippen LogP contribution in [0.1, 0.15) is 25.0 Å². The van der Waals surface area contributed by atoms with E-state index in [1.54, 1.807) is 6.20 Å². The van der Waals surface area contributed by atoms with Crippen LogP contribution >= 0.6 is 0 Å². The topological polar surface area (TPSA) is 54.4 Å². The molecule has 0 aliphatic rings. The molecule has 0 amide bonds. The summed E-state index contributed by atoms with van der Waals surface area (Å²) in [5.41, 5.74) is 1.62. The summed E-state index contributed by atoms with van der Waals surface area (Å²) in [6.45, 7) is 4.89. The van der Waals surface area contributed by atoms with Gasteiger partial charge in [0.1, 0.15) is 11.6 Å². The molecule has 0 saturated carbocycles. The summed E-state index contributed by atoms with van der Waals surface area (Å²) in [6, 6.07) is 7.78. The third-order valence-electron chi connectivity index (χ3n) is 2.78. The molecule has 2 rings (SSSR count). The Morgan fingerprint density at radius 2 is 2.10 bits per heavy atom. The fourth-order valence-electron chi connectivity index (χ4n) is 1.96. The van der Waals surface area contributed by atoms with Crippen LogP contribution in [0.15, 0.2) is 36.5 Å². The molecule has 0 unspecified atom stereocenters. The van der Waals surface area contributed by atoms with Crippen LogP contribution < -0.4 is 10.1 Å². The first-order chi connectivity index (χ1) is 10.0. The van der Waals surface area contributed by atoms with E-state index in [1.165, 1.54) is 12.1 Å². The lowest BCUT2D eigenvalue weighted by Gasteiger charge is -2.13. The summed E-state index contributed by atoms with van der Waals surface area (Å²) in [4.78, 5) is 4.21. The fourth-order valence-corrected chi connectivity index (χ4v) is 1.96. The van der Waals surface area contributed by atoms with Crippen molar-refractivity contribution >= 4 is 0 Å². The first-order valence-corrected chi connectivity index (χ1v) is 6.84. The molecule has 0 fully saturated rings. The molecule has 1 heterocycles. The van der Waals surface area contributed by atoms with Gasteiger partial charge >= 0.3 is 0 Å². The van der Waals surface area contributed by atoms with Crippen LogP contribution in [0.25, 0.3) is 0 Å². The highest BCUT2D eigenvalue weighted by atomic mass is 19.1. The van der Waals surface area contributed by atoms with Crippen LogP contribution in [-0.4, -0.2) is 16.2 Å². The number of aromatic hydroxyl groups is 1. The molecule has 2 N–H and O–H groups in total. The van der Waals surface area contributed by atoms with E-state index in [0.717, 1.165) is 11.6 Å². The Bertz CT molecular complexity index is 582. The minimum Gasteiger partial charge on any atom is -0.508 e. The highest BCUT2D eigenvalue weighted by molar-refractivity contribution is 5.29. The molecule has 1 aromatic carbocycles. The van der Waals surface area contributed by atoms with Gasteiger partial charge in [-0.05, 0) is 37.6 Å². The van der Waals surface area contributed by atoms with E-state index in [1.807, 2.05) is 26.0 Å². The highest BCUT2D eigenvalue weighted by Gasteiger charge is 2.06. The maximum absolute atomic E-state index is 13.2. The van der Waals surface area contributed by atoms with E-state index in [2.05, 4.69) is 10.3 Å². The minimum atomic E-state index is -0.447. The molecule has 2 aromatic rings. The lowest BCUT2D eigenvalue weighted by atomic mass is 10.2. The second-order valence-electron chi connectivity index (χ2n) is 5.06. The van der Waals surface area contributed by atoms with Gasteiger partial charge in [0.05, 0.1) is 6.10 Å². The predicted octanol–water partition coefficient (Wildman–Crippen LogP) is 3.00. The number of phenolic OH excluding ortho intramolecular Hbond substituents is 1. The van der Waals surface area contributed by atoms with Gasteiger partial charge in [-0.2, -0.15) is 0 Å². The maximum Gasteiger partial charge on any atom is 0.218 e. The van der Waals surface area contributed by atoms with Crippen molar-refractivity contribution < 1.29 is 14.2 Å². The molecule has 0 aliphatic carbocycles. The standard InChI is InChI=1S/C16H19FN2O2/c1-11(2)21-16-13(4-3-5-19-16)10-18-9-12-6-14(17)8-15(20)7-12/h3-8,11,18,20H,9-10H2,1-2H3. The fraction of sp³-hybridized carbons (Fsp3) is 0.312. The number of rotatable bonds is 6. The summed E-state index contributed by atoms with van der Waals surface area (Å²) in [5, 5.41) is 12.5. The normalized spacial score (nSPS) is 10.9. The van der Waals surface area contributed by atoms with E-state index in [4.69, 9.17) is 4.74 Å². The molecule has 0 spiro atoms. The minimum absolute atomic E-state index is 0.0545. The molecule has 5 heteroatoms. The Hall–Kier alpha value is -2.14. The first kappa shape index (κ1) is 15.3. The summed E-state index contributed by atoms with van der Waals surface area (Å²) in [6.07, 6.45) is 1.74. The van der Waals surface area contributed by atoms with E-state index < -0.39 is 5.82 Å². The summed E-state index contributed by atoms with van der Waals surface area (Å²) < 4.78 is 18.8. The average Bonchev–Trinajstić information content (AvgIpc) is 2.39. The first-order valence-electron chi connectivity index (χ1n) is 6.84. The Labute approximate surface area is 123 Å². The molecule has 1 aromatic heterocycles. The number of hydrogen-bond donors (Lipinski definition) is 2. The predicted molar refractivity (Wildman–Crippen MR) is 78.6 cm³/mol. The second kappa shape index (κ2) is 7.04. The summed E-state index contributed by atoms with van der Waals surface area (Å²) in [7, 11) is 0. The summed E-state index contributed by atoms with van der Waals surface area (Å²) in [5.74, 6) is 0.0797. The smallest absolute Gasteiger partial charge is 0.218 e. The average molecular weight is 290 g/mol. The van der Waals surface area contributed by atoms with E-state index in [0.29, 0.717) is 24.5 Å². The van der Waals surface area contributed by atoms with E-state index >= 15 is 0 Å². The van der Waals surface area contributed by atoms with Gasteiger partial charge in [0.15, 0.2) is 0 Å². The Morgan fingerprint density at radius 1 is 1.29 bits per heavy atom. The number of benzene rings is 1. The van der Waals surface area contributed by atoms with Crippen LogP contribution in [0.4, 0.5) is 4.39 Å². The molecule has 21 heavy (non-hydrogen) atoms. The largest absolute Gasteiger partial charge is 0.508 e. The molecule has 0 atom stereocenters. The SMILES string of the molecule is CC(C)Oc1ncccc1CNCc1cc(O)cc(F)c1.